The first-order valence-electron chi connectivity index (χ1n) is 10.2. The maximum Gasteiger partial charge on any atom is 0.268 e. The third-order valence-electron chi connectivity index (χ3n) is 5.12. The Morgan fingerprint density at radius 2 is 1.65 bits per heavy atom. The number of benzene rings is 2. The van der Waals surface area contributed by atoms with Gasteiger partial charge >= 0.3 is 0 Å². The molecule has 0 bridgehead atoms. The standard InChI is InChI=1S/C23H30O7S/c1-2-17(18-8-12-21(13-9-18)30-15-14-24)16-22(31(27,28)29)4-3-5-23(26)19-6-10-20(25)11-7-19/h3,5-13,17,22-26H,2,4,14-16H2,1H3,(H,27,28,29). The fourth-order valence-electron chi connectivity index (χ4n) is 3.34. The Kier molecular flexibility index (Phi) is 9.51. The number of phenolic OH excluding ortho intramolecular Hbond substituents is 1. The lowest BCUT2D eigenvalue weighted by Gasteiger charge is -2.21. The van der Waals surface area contributed by atoms with Crippen molar-refractivity contribution in [3.8, 4) is 11.5 Å². The number of phenols is 1. The van der Waals surface area contributed by atoms with Crippen molar-refractivity contribution in [2.75, 3.05) is 13.2 Å². The molecule has 2 rings (SSSR count). The zero-order valence-corrected chi connectivity index (χ0v) is 18.3. The van der Waals surface area contributed by atoms with Crippen LogP contribution in [0, 0.1) is 0 Å². The molecule has 0 aliphatic heterocycles. The average Bonchev–Trinajstić information content (AvgIpc) is 2.74. The van der Waals surface area contributed by atoms with Gasteiger partial charge in [-0.15, -0.1) is 0 Å². The van der Waals surface area contributed by atoms with E-state index in [-0.39, 0.29) is 37.7 Å². The van der Waals surface area contributed by atoms with Gasteiger partial charge in [0, 0.05) is 0 Å². The third-order valence-corrected chi connectivity index (χ3v) is 6.35. The smallest absolute Gasteiger partial charge is 0.268 e. The summed E-state index contributed by atoms with van der Waals surface area (Å²) in [6, 6.07) is 13.3. The van der Waals surface area contributed by atoms with Crippen LogP contribution in [-0.2, 0) is 10.1 Å². The fourth-order valence-corrected chi connectivity index (χ4v) is 4.17. The molecule has 0 heterocycles. The van der Waals surface area contributed by atoms with Crippen molar-refractivity contribution in [3.63, 3.8) is 0 Å². The normalized spacial score (nSPS) is 15.0. The minimum absolute atomic E-state index is 0.0577. The Hall–Kier alpha value is -2.39. The Bertz CT molecular complexity index is 921. The molecule has 7 nitrogen and oxygen atoms in total. The van der Waals surface area contributed by atoms with Gasteiger partial charge in [0.15, 0.2) is 0 Å². The summed E-state index contributed by atoms with van der Waals surface area (Å²) in [5.74, 6) is 0.615. The van der Waals surface area contributed by atoms with Crippen molar-refractivity contribution in [2.24, 2.45) is 0 Å². The number of ether oxygens (including phenoxy) is 1. The Labute approximate surface area is 183 Å². The Balaban J connectivity index is 2.06. The van der Waals surface area contributed by atoms with Crippen molar-refractivity contribution in [1.82, 2.24) is 0 Å². The summed E-state index contributed by atoms with van der Waals surface area (Å²) in [4.78, 5) is 0. The predicted molar refractivity (Wildman–Crippen MR) is 119 cm³/mol. The van der Waals surface area contributed by atoms with E-state index in [0.717, 1.165) is 5.56 Å². The van der Waals surface area contributed by atoms with E-state index in [0.29, 0.717) is 17.7 Å². The Morgan fingerprint density at radius 3 is 2.19 bits per heavy atom. The van der Waals surface area contributed by atoms with Crippen LogP contribution in [0.25, 0.3) is 0 Å². The summed E-state index contributed by atoms with van der Waals surface area (Å²) in [5, 5.41) is 27.4. The summed E-state index contributed by atoms with van der Waals surface area (Å²) in [7, 11) is -4.28. The SMILES string of the molecule is CCC(CC(CC=CC(O)c1ccc(O)cc1)S(=O)(=O)O)c1ccc(OCCO)cc1. The van der Waals surface area contributed by atoms with E-state index in [1.54, 1.807) is 30.3 Å². The monoisotopic (exact) mass is 450 g/mol. The molecule has 0 aliphatic carbocycles. The van der Waals surface area contributed by atoms with Crippen molar-refractivity contribution >= 4 is 10.1 Å². The number of rotatable bonds is 12. The molecule has 31 heavy (non-hydrogen) atoms. The molecule has 0 radical (unpaired) electrons. The first kappa shape index (κ1) is 24.9. The van der Waals surface area contributed by atoms with Gasteiger partial charge in [-0.05, 0) is 60.6 Å². The summed E-state index contributed by atoms with van der Waals surface area (Å²) >= 11 is 0. The fraction of sp³-hybridized carbons (Fsp3) is 0.391. The zero-order valence-electron chi connectivity index (χ0n) is 17.5. The van der Waals surface area contributed by atoms with Gasteiger partial charge in [-0.3, -0.25) is 4.55 Å². The molecule has 0 fully saturated rings. The second kappa shape index (κ2) is 11.9. The zero-order chi connectivity index (χ0) is 22.9. The largest absolute Gasteiger partial charge is 0.508 e. The highest BCUT2D eigenvalue weighted by molar-refractivity contribution is 7.86. The molecule has 0 aromatic heterocycles. The molecule has 2 aromatic rings. The van der Waals surface area contributed by atoms with Crippen LogP contribution in [0.2, 0.25) is 0 Å². The van der Waals surface area contributed by atoms with Gasteiger partial charge < -0.3 is 20.1 Å². The van der Waals surface area contributed by atoms with Crippen LogP contribution in [0.3, 0.4) is 0 Å². The van der Waals surface area contributed by atoms with Crippen LogP contribution in [0.1, 0.15) is 49.3 Å². The van der Waals surface area contributed by atoms with E-state index >= 15 is 0 Å². The van der Waals surface area contributed by atoms with Gasteiger partial charge in [0.25, 0.3) is 10.1 Å². The van der Waals surface area contributed by atoms with Crippen LogP contribution in [0.4, 0.5) is 0 Å². The molecule has 0 spiro atoms. The highest BCUT2D eigenvalue weighted by Crippen LogP contribution is 2.30. The molecule has 4 N–H and O–H groups in total. The number of aliphatic hydroxyl groups excluding tert-OH is 2. The number of allylic oxidation sites excluding steroid dienone is 1. The van der Waals surface area contributed by atoms with Crippen molar-refractivity contribution in [2.45, 2.75) is 43.5 Å². The molecule has 170 valence electrons. The van der Waals surface area contributed by atoms with Crippen LogP contribution < -0.4 is 4.74 Å². The predicted octanol–water partition coefficient (Wildman–Crippen LogP) is 3.58. The molecule has 8 heteroatoms. The summed E-state index contributed by atoms with van der Waals surface area (Å²) < 4.78 is 39.0. The maximum absolute atomic E-state index is 12.0. The quantitative estimate of drug-likeness (QED) is 0.288. The molecular weight excluding hydrogens is 420 g/mol. The van der Waals surface area contributed by atoms with Crippen LogP contribution in [0.5, 0.6) is 11.5 Å². The number of hydrogen-bond donors (Lipinski definition) is 4. The van der Waals surface area contributed by atoms with E-state index in [4.69, 9.17) is 9.84 Å². The molecule has 0 saturated carbocycles. The Morgan fingerprint density at radius 1 is 1.03 bits per heavy atom. The van der Waals surface area contributed by atoms with Gasteiger partial charge in [-0.25, -0.2) is 0 Å². The number of aliphatic hydroxyl groups is 2. The van der Waals surface area contributed by atoms with Crippen molar-refractivity contribution < 1.29 is 33.0 Å². The van der Waals surface area contributed by atoms with Crippen LogP contribution in [-0.4, -0.2) is 46.8 Å². The lowest BCUT2D eigenvalue weighted by molar-refractivity contribution is 0.201. The van der Waals surface area contributed by atoms with Gasteiger partial charge in [0.1, 0.15) is 18.1 Å². The van der Waals surface area contributed by atoms with Gasteiger partial charge in [0.2, 0.25) is 0 Å². The van der Waals surface area contributed by atoms with Gasteiger partial charge in [0.05, 0.1) is 18.0 Å². The lowest BCUT2D eigenvalue weighted by atomic mass is 9.91. The molecule has 0 aliphatic rings. The summed E-state index contributed by atoms with van der Waals surface area (Å²) in [6.07, 6.45) is 3.04. The number of aromatic hydroxyl groups is 1. The summed E-state index contributed by atoms with van der Waals surface area (Å²) in [6.45, 7) is 2.07. The van der Waals surface area contributed by atoms with Crippen molar-refractivity contribution in [1.29, 1.82) is 0 Å². The molecule has 0 amide bonds. The van der Waals surface area contributed by atoms with E-state index in [9.17, 15) is 23.2 Å². The first-order valence-corrected chi connectivity index (χ1v) is 11.7. The minimum atomic E-state index is -4.28. The van der Waals surface area contributed by atoms with Crippen molar-refractivity contribution in [3.05, 3.63) is 71.8 Å². The van der Waals surface area contributed by atoms with E-state index in [2.05, 4.69) is 0 Å². The van der Waals surface area contributed by atoms with E-state index in [1.165, 1.54) is 18.2 Å². The molecular formula is C23H30O7S. The lowest BCUT2D eigenvalue weighted by Crippen LogP contribution is -2.22. The highest BCUT2D eigenvalue weighted by Gasteiger charge is 2.26. The first-order chi connectivity index (χ1) is 14.7. The molecule has 0 saturated heterocycles. The van der Waals surface area contributed by atoms with Crippen LogP contribution in [0.15, 0.2) is 60.7 Å². The third kappa shape index (κ3) is 7.99. The highest BCUT2D eigenvalue weighted by atomic mass is 32.2. The average molecular weight is 451 g/mol. The second-order valence-corrected chi connectivity index (χ2v) is 9.02. The molecule has 3 atom stereocenters. The van der Waals surface area contributed by atoms with Gasteiger partial charge in [-0.2, -0.15) is 8.42 Å². The molecule has 2 aromatic carbocycles. The number of hydrogen-bond acceptors (Lipinski definition) is 6. The minimum Gasteiger partial charge on any atom is -0.508 e. The second-order valence-electron chi connectivity index (χ2n) is 7.32. The van der Waals surface area contributed by atoms with E-state index in [1.807, 2.05) is 19.1 Å². The van der Waals surface area contributed by atoms with Crippen LogP contribution >= 0.6 is 0 Å². The maximum atomic E-state index is 12.0. The van der Waals surface area contributed by atoms with E-state index < -0.39 is 21.5 Å². The summed E-state index contributed by atoms with van der Waals surface area (Å²) in [5.41, 5.74) is 1.49. The topological polar surface area (TPSA) is 124 Å². The molecule has 3 unspecified atom stereocenters. The van der Waals surface area contributed by atoms with Gasteiger partial charge in [-0.1, -0.05) is 43.3 Å².